The van der Waals surface area contributed by atoms with Crippen LogP contribution in [0.25, 0.3) is 0 Å². The number of hydrogen-bond acceptors (Lipinski definition) is 2. The van der Waals surface area contributed by atoms with E-state index in [-0.39, 0.29) is 11.5 Å². The minimum absolute atomic E-state index is 0.134. The standard InChI is InChI=1S/C13H17NO2/c1-16-12(15)14-10-13(8-5-9-13)11-6-3-2-4-7-11/h2-4,6-7H,5,8-10H2,1H3,(H,14,15). The van der Waals surface area contributed by atoms with Gasteiger partial charge in [0, 0.05) is 12.0 Å². The van der Waals surface area contributed by atoms with Crippen LogP contribution in [-0.2, 0) is 10.2 Å². The summed E-state index contributed by atoms with van der Waals surface area (Å²) in [7, 11) is 1.39. The first-order valence-corrected chi connectivity index (χ1v) is 5.64. The number of benzene rings is 1. The molecule has 0 bridgehead atoms. The highest BCUT2D eigenvalue weighted by atomic mass is 16.5. The first-order chi connectivity index (χ1) is 7.77. The van der Waals surface area contributed by atoms with Crippen LogP contribution < -0.4 is 5.32 Å². The fraction of sp³-hybridized carbons (Fsp3) is 0.462. The Labute approximate surface area is 95.8 Å². The van der Waals surface area contributed by atoms with E-state index in [4.69, 9.17) is 0 Å². The topological polar surface area (TPSA) is 38.3 Å². The normalized spacial score (nSPS) is 17.3. The van der Waals surface area contributed by atoms with Gasteiger partial charge in [0.15, 0.2) is 0 Å². The second kappa shape index (κ2) is 4.56. The Morgan fingerprint density at radius 1 is 1.38 bits per heavy atom. The smallest absolute Gasteiger partial charge is 0.406 e. The van der Waals surface area contributed by atoms with E-state index in [1.54, 1.807) is 0 Å². The molecule has 0 heterocycles. The maximum Gasteiger partial charge on any atom is 0.406 e. The molecule has 0 unspecified atom stereocenters. The van der Waals surface area contributed by atoms with Gasteiger partial charge in [-0.05, 0) is 18.4 Å². The van der Waals surface area contributed by atoms with E-state index >= 15 is 0 Å². The van der Waals surface area contributed by atoms with Gasteiger partial charge in [-0.15, -0.1) is 0 Å². The monoisotopic (exact) mass is 219 g/mol. The van der Waals surface area contributed by atoms with Crippen molar-refractivity contribution in [2.24, 2.45) is 0 Å². The van der Waals surface area contributed by atoms with Crippen molar-refractivity contribution in [1.82, 2.24) is 5.32 Å². The molecule has 0 radical (unpaired) electrons. The molecule has 1 aromatic rings. The van der Waals surface area contributed by atoms with Crippen molar-refractivity contribution < 1.29 is 9.53 Å². The Balaban J connectivity index is 2.06. The average Bonchev–Trinajstić information content (AvgIpc) is 2.29. The lowest BCUT2D eigenvalue weighted by Crippen LogP contribution is -2.45. The lowest BCUT2D eigenvalue weighted by atomic mass is 9.64. The molecule has 2 rings (SSSR count). The molecule has 0 aromatic heterocycles. The summed E-state index contributed by atoms with van der Waals surface area (Å²) < 4.78 is 4.60. The maximum absolute atomic E-state index is 11.1. The Morgan fingerprint density at radius 3 is 2.56 bits per heavy atom. The fourth-order valence-corrected chi connectivity index (χ4v) is 2.28. The summed E-state index contributed by atoms with van der Waals surface area (Å²) >= 11 is 0. The van der Waals surface area contributed by atoms with Crippen molar-refractivity contribution in [2.45, 2.75) is 24.7 Å². The van der Waals surface area contributed by atoms with Gasteiger partial charge in [-0.25, -0.2) is 4.79 Å². The highest BCUT2D eigenvalue weighted by molar-refractivity contribution is 5.67. The quantitative estimate of drug-likeness (QED) is 0.848. The van der Waals surface area contributed by atoms with Gasteiger partial charge in [-0.2, -0.15) is 0 Å². The third-order valence-corrected chi connectivity index (χ3v) is 3.45. The molecule has 0 saturated heterocycles. The number of methoxy groups -OCH3 is 1. The molecule has 3 nitrogen and oxygen atoms in total. The number of alkyl carbamates (subject to hydrolysis) is 1. The number of nitrogens with one attached hydrogen (secondary N) is 1. The van der Waals surface area contributed by atoms with Crippen LogP contribution in [0.15, 0.2) is 30.3 Å². The van der Waals surface area contributed by atoms with Crippen LogP contribution in [0.4, 0.5) is 4.79 Å². The summed E-state index contributed by atoms with van der Waals surface area (Å²) in [6.07, 6.45) is 3.17. The maximum atomic E-state index is 11.1. The van der Waals surface area contributed by atoms with E-state index in [0.29, 0.717) is 6.54 Å². The van der Waals surface area contributed by atoms with Crippen LogP contribution in [0, 0.1) is 0 Å². The van der Waals surface area contributed by atoms with Gasteiger partial charge >= 0.3 is 6.09 Å². The molecule has 3 heteroatoms. The van der Waals surface area contributed by atoms with Crippen molar-refractivity contribution in [3.63, 3.8) is 0 Å². The van der Waals surface area contributed by atoms with Crippen LogP contribution in [0.2, 0.25) is 0 Å². The molecule has 0 atom stereocenters. The fourth-order valence-electron chi connectivity index (χ4n) is 2.28. The van der Waals surface area contributed by atoms with E-state index in [0.717, 1.165) is 12.8 Å². The van der Waals surface area contributed by atoms with E-state index in [1.807, 2.05) is 18.2 Å². The molecule has 0 aliphatic heterocycles. The first kappa shape index (κ1) is 11.0. The van der Waals surface area contributed by atoms with Crippen molar-refractivity contribution >= 4 is 6.09 Å². The predicted octanol–water partition coefficient (Wildman–Crippen LogP) is 2.46. The minimum Gasteiger partial charge on any atom is -0.453 e. The second-order valence-electron chi connectivity index (χ2n) is 4.35. The lowest BCUT2D eigenvalue weighted by molar-refractivity contribution is 0.159. The van der Waals surface area contributed by atoms with E-state index in [1.165, 1.54) is 19.1 Å². The molecule has 1 aromatic carbocycles. The Hall–Kier alpha value is -1.51. The van der Waals surface area contributed by atoms with E-state index < -0.39 is 0 Å². The summed E-state index contributed by atoms with van der Waals surface area (Å²) in [5.74, 6) is 0. The van der Waals surface area contributed by atoms with Crippen LogP contribution in [0.1, 0.15) is 24.8 Å². The highest BCUT2D eigenvalue weighted by Crippen LogP contribution is 2.43. The second-order valence-corrected chi connectivity index (χ2v) is 4.35. The molecule has 1 fully saturated rings. The van der Waals surface area contributed by atoms with E-state index in [2.05, 4.69) is 22.2 Å². The molecular formula is C13H17NO2. The Morgan fingerprint density at radius 2 is 2.06 bits per heavy atom. The van der Waals surface area contributed by atoms with E-state index in [9.17, 15) is 4.79 Å². The highest BCUT2D eigenvalue weighted by Gasteiger charge is 2.38. The Kier molecular flexibility index (Phi) is 3.13. The number of rotatable bonds is 3. The zero-order valence-electron chi connectivity index (χ0n) is 9.53. The van der Waals surface area contributed by atoms with Crippen LogP contribution in [-0.4, -0.2) is 19.7 Å². The SMILES string of the molecule is COC(=O)NCC1(c2ccccc2)CCC1. The van der Waals surface area contributed by atoms with Gasteiger partial charge in [0.2, 0.25) is 0 Å². The molecule has 1 aliphatic carbocycles. The van der Waals surface area contributed by atoms with Crippen LogP contribution in [0.5, 0.6) is 0 Å². The van der Waals surface area contributed by atoms with Crippen molar-refractivity contribution in [3.8, 4) is 0 Å². The van der Waals surface area contributed by atoms with Gasteiger partial charge in [0.1, 0.15) is 0 Å². The van der Waals surface area contributed by atoms with Crippen molar-refractivity contribution in [1.29, 1.82) is 0 Å². The molecular weight excluding hydrogens is 202 g/mol. The van der Waals surface area contributed by atoms with Gasteiger partial charge < -0.3 is 10.1 Å². The van der Waals surface area contributed by atoms with Crippen LogP contribution >= 0.6 is 0 Å². The summed E-state index contributed by atoms with van der Waals surface area (Å²) in [5, 5.41) is 2.81. The molecule has 16 heavy (non-hydrogen) atoms. The third kappa shape index (κ3) is 2.03. The number of amides is 1. The molecule has 1 amide bonds. The average molecular weight is 219 g/mol. The lowest BCUT2D eigenvalue weighted by Gasteiger charge is -2.42. The minimum atomic E-state index is -0.345. The number of hydrogen-bond donors (Lipinski definition) is 1. The molecule has 1 N–H and O–H groups in total. The van der Waals surface area contributed by atoms with Gasteiger partial charge in [-0.1, -0.05) is 36.8 Å². The number of carbonyl (C=O) groups is 1. The van der Waals surface area contributed by atoms with Crippen molar-refractivity contribution in [3.05, 3.63) is 35.9 Å². The first-order valence-electron chi connectivity index (χ1n) is 5.64. The summed E-state index contributed by atoms with van der Waals surface area (Å²) in [6, 6.07) is 10.4. The molecule has 0 spiro atoms. The number of ether oxygens (including phenoxy) is 1. The zero-order valence-corrected chi connectivity index (χ0v) is 9.53. The number of carbonyl (C=O) groups excluding carboxylic acids is 1. The predicted molar refractivity (Wildman–Crippen MR) is 62.4 cm³/mol. The molecule has 86 valence electrons. The van der Waals surface area contributed by atoms with Gasteiger partial charge in [0.05, 0.1) is 7.11 Å². The van der Waals surface area contributed by atoms with Crippen molar-refractivity contribution in [2.75, 3.05) is 13.7 Å². The Bertz CT molecular complexity index is 357. The summed E-state index contributed by atoms with van der Waals surface area (Å²) in [6.45, 7) is 0.670. The van der Waals surface area contributed by atoms with Gasteiger partial charge in [-0.3, -0.25) is 0 Å². The van der Waals surface area contributed by atoms with Crippen LogP contribution in [0.3, 0.4) is 0 Å². The zero-order chi connectivity index (χ0) is 11.4. The summed E-state index contributed by atoms with van der Waals surface area (Å²) in [5.41, 5.74) is 1.45. The third-order valence-electron chi connectivity index (χ3n) is 3.45. The molecule has 1 saturated carbocycles. The largest absolute Gasteiger partial charge is 0.453 e. The summed E-state index contributed by atoms with van der Waals surface area (Å²) in [4.78, 5) is 11.1. The van der Waals surface area contributed by atoms with Gasteiger partial charge in [0.25, 0.3) is 0 Å². The molecule has 1 aliphatic rings.